The molecule has 0 amide bonds. The van der Waals surface area contributed by atoms with Crippen LogP contribution in [0, 0.1) is 12.7 Å². The minimum absolute atomic E-state index is 0.134. The normalized spacial score (nSPS) is 11.5. The van der Waals surface area contributed by atoms with Crippen molar-refractivity contribution in [3.63, 3.8) is 0 Å². The Kier molecular flexibility index (Phi) is 4.11. The summed E-state index contributed by atoms with van der Waals surface area (Å²) in [4.78, 5) is 12.1. The quantitative estimate of drug-likeness (QED) is 0.598. The standard InChI is InChI=1S/C16H12F4O/c1-10-4-2-3-5-11(10)8-15(21)13-9-12(16(18,19)20)6-7-14(13)17/h2-7,9H,8H2,1H3. The monoisotopic (exact) mass is 296 g/mol. The fourth-order valence-corrected chi connectivity index (χ4v) is 1.99. The molecule has 2 aromatic rings. The van der Waals surface area contributed by atoms with E-state index in [1.807, 2.05) is 0 Å². The lowest BCUT2D eigenvalue weighted by atomic mass is 9.98. The first-order valence-electron chi connectivity index (χ1n) is 6.23. The lowest BCUT2D eigenvalue weighted by molar-refractivity contribution is -0.137. The van der Waals surface area contributed by atoms with Crippen LogP contribution in [0.4, 0.5) is 17.6 Å². The van der Waals surface area contributed by atoms with Crippen molar-refractivity contribution < 1.29 is 22.4 Å². The van der Waals surface area contributed by atoms with Crippen molar-refractivity contribution in [1.82, 2.24) is 0 Å². The van der Waals surface area contributed by atoms with Gasteiger partial charge in [0.05, 0.1) is 11.1 Å². The van der Waals surface area contributed by atoms with E-state index >= 15 is 0 Å². The Balaban J connectivity index is 2.33. The molecule has 0 aliphatic carbocycles. The van der Waals surface area contributed by atoms with E-state index < -0.39 is 28.9 Å². The van der Waals surface area contributed by atoms with Gasteiger partial charge in [0, 0.05) is 6.42 Å². The summed E-state index contributed by atoms with van der Waals surface area (Å²) in [5.41, 5.74) is -0.0670. The SMILES string of the molecule is Cc1ccccc1CC(=O)c1cc(C(F)(F)F)ccc1F. The van der Waals surface area contributed by atoms with E-state index in [0.29, 0.717) is 23.8 Å². The number of carbonyl (C=O) groups excluding carboxylic acids is 1. The smallest absolute Gasteiger partial charge is 0.294 e. The summed E-state index contributed by atoms with van der Waals surface area (Å²) >= 11 is 0. The maximum atomic E-state index is 13.6. The maximum Gasteiger partial charge on any atom is 0.416 e. The summed E-state index contributed by atoms with van der Waals surface area (Å²) < 4.78 is 51.5. The number of alkyl halides is 3. The van der Waals surface area contributed by atoms with Crippen LogP contribution in [-0.4, -0.2) is 5.78 Å². The summed E-state index contributed by atoms with van der Waals surface area (Å²) in [6.07, 6.45) is -4.74. The molecule has 0 aromatic heterocycles. The van der Waals surface area contributed by atoms with Crippen LogP contribution >= 0.6 is 0 Å². The Hall–Kier alpha value is -2.17. The topological polar surface area (TPSA) is 17.1 Å². The number of aryl methyl sites for hydroxylation is 1. The van der Waals surface area contributed by atoms with Crippen LogP contribution in [0.25, 0.3) is 0 Å². The average Bonchev–Trinajstić information content (AvgIpc) is 2.40. The lowest BCUT2D eigenvalue weighted by Gasteiger charge is -2.10. The van der Waals surface area contributed by atoms with Crippen molar-refractivity contribution in [3.8, 4) is 0 Å². The van der Waals surface area contributed by atoms with Gasteiger partial charge in [0.25, 0.3) is 0 Å². The highest BCUT2D eigenvalue weighted by molar-refractivity contribution is 5.98. The van der Waals surface area contributed by atoms with E-state index in [4.69, 9.17) is 0 Å². The predicted octanol–water partition coefficient (Wildman–Crippen LogP) is 4.58. The third kappa shape index (κ3) is 3.48. The molecule has 0 bridgehead atoms. The largest absolute Gasteiger partial charge is 0.416 e. The molecule has 2 rings (SSSR count). The van der Waals surface area contributed by atoms with Gasteiger partial charge in [-0.3, -0.25) is 4.79 Å². The van der Waals surface area contributed by atoms with Crippen LogP contribution in [0.3, 0.4) is 0 Å². The summed E-state index contributed by atoms with van der Waals surface area (Å²) in [5, 5.41) is 0. The number of halogens is 4. The average molecular weight is 296 g/mol. The molecule has 0 radical (unpaired) electrons. The van der Waals surface area contributed by atoms with E-state index in [9.17, 15) is 22.4 Å². The first-order chi connectivity index (χ1) is 9.79. The van der Waals surface area contributed by atoms with Crippen molar-refractivity contribution in [2.45, 2.75) is 19.5 Å². The van der Waals surface area contributed by atoms with Gasteiger partial charge in [0.15, 0.2) is 5.78 Å². The fraction of sp³-hybridized carbons (Fsp3) is 0.188. The van der Waals surface area contributed by atoms with Crippen molar-refractivity contribution in [2.75, 3.05) is 0 Å². The molecule has 21 heavy (non-hydrogen) atoms. The van der Waals surface area contributed by atoms with Crippen molar-refractivity contribution >= 4 is 5.78 Å². The Labute approximate surface area is 119 Å². The Morgan fingerprint density at radius 2 is 1.76 bits per heavy atom. The summed E-state index contributed by atoms with van der Waals surface area (Å²) in [6, 6.07) is 8.85. The molecule has 0 aliphatic rings. The van der Waals surface area contributed by atoms with Gasteiger partial charge in [0.2, 0.25) is 0 Å². The predicted molar refractivity (Wildman–Crippen MR) is 70.6 cm³/mol. The minimum atomic E-state index is -4.61. The summed E-state index contributed by atoms with van der Waals surface area (Å²) in [5.74, 6) is -1.62. The molecular weight excluding hydrogens is 284 g/mol. The Morgan fingerprint density at radius 1 is 1.10 bits per heavy atom. The highest BCUT2D eigenvalue weighted by atomic mass is 19.4. The number of carbonyl (C=O) groups is 1. The molecule has 1 nitrogen and oxygen atoms in total. The second kappa shape index (κ2) is 5.68. The van der Waals surface area contributed by atoms with Crippen LogP contribution in [0.1, 0.15) is 27.0 Å². The molecular formula is C16H12F4O. The first kappa shape index (κ1) is 15.2. The highest BCUT2D eigenvalue weighted by Gasteiger charge is 2.31. The van der Waals surface area contributed by atoms with Gasteiger partial charge in [-0.15, -0.1) is 0 Å². The summed E-state index contributed by atoms with van der Waals surface area (Å²) in [7, 11) is 0. The number of rotatable bonds is 3. The van der Waals surface area contributed by atoms with Gasteiger partial charge < -0.3 is 0 Å². The third-order valence-corrected chi connectivity index (χ3v) is 3.21. The van der Waals surface area contributed by atoms with E-state index in [-0.39, 0.29) is 6.42 Å². The molecule has 0 aliphatic heterocycles. The first-order valence-corrected chi connectivity index (χ1v) is 6.23. The number of Topliss-reactive ketones (excluding diaryl/α,β-unsaturated/α-hetero) is 1. The van der Waals surface area contributed by atoms with Crippen LogP contribution in [0.5, 0.6) is 0 Å². The lowest BCUT2D eigenvalue weighted by Crippen LogP contribution is -2.11. The molecule has 110 valence electrons. The zero-order valence-electron chi connectivity index (χ0n) is 11.2. The number of hydrogen-bond donors (Lipinski definition) is 0. The van der Waals surface area contributed by atoms with E-state index in [1.54, 1.807) is 31.2 Å². The molecule has 0 heterocycles. The Bertz CT molecular complexity index is 674. The molecule has 5 heteroatoms. The van der Waals surface area contributed by atoms with Gasteiger partial charge in [-0.2, -0.15) is 13.2 Å². The van der Waals surface area contributed by atoms with E-state index in [1.165, 1.54) is 0 Å². The number of benzene rings is 2. The van der Waals surface area contributed by atoms with Crippen molar-refractivity contribution in [1.29, 1.82) is 0 Å². The van der Waals surface area contributed by atoms with Gasteiger partial charge >= 0.3 is 6.18 Å². The van der Waals surface area contributed by atoms with Crippen LogP contribution in [0.2, 0.25) is 0 Å². The van der Waals surface area contributed by atoms with Crippen LogP contribution in [0.15, 0.2) is 42.5 Å². The molecule has 0 saturated heterocycles. The highest BCUT2D eigenvalue weighted by Crippen LogP contribution is 2.30. The molecule has 0 N–H and O–H groups in total. The fourth-order valence-electron chi connectivity index (χ4n) is 1.99. The molecule has 0 fully saturated rings. The second-order valence-corrected chi connectivity index (χ2v) is 4.72. The van der Waals surface area contributed by atoms with Crippen molar-refractivity contribution in [3.05, 3.63) is 70.5 Å². The van der Waals surface area contributed by atoms with Gasteiger partial charge in [-0.05, 0) is 36.2 Å². The van der Waals surface area contributed by atoms with E-state index in [2.05, 4.69) is 0 Å². The second-order valence-electron chi connectivity index (χ2n) is 4.72. The Morgan fingerprint density at radius 3 is 2.38 bits per heavy atom. The molecule has 0 spiro atoms. The van der Waals surface area contributed by atoms with E-state index in [0.717, 1.165) is 5.56 Å². The minimum Gasteiger partial charge on any atom is -0.294 e. The number of hydrogen-bond acceptors (Lipinski definition) is 1. The molecule has 0 atom stereocenters. The zero-order valence-corrected chi connectivity index (χ0v) is 11.2. The molecule has 2 aromatic carbocycles. The number of ketones is 1. The van der Waals surface area contributed by atoms with Gasteiger partial charge in [-0.1, -0.05) is 24.3 Å². The molecule has 0 unspecified atom stereocenters. The zero-order chi connectivity index (χ0) is 15.6. The summed E-state index contributed by atoms with van der Waals surface area (Å²) in [6.45, 7) is 1.78. The third-order valence-electron chi connectivity index (χ3n) is 3.21. The molecule has 0 saturated carbocycles. The van der Waals surface area contributed by atoms with Gasteiger partial charge in [-0.25, -0.2) is 4.39 Å². The van der Waals surface area contributed by atoms with Crippen molar-refractivity contribution in [2.24, 2.45) is 0 Å². The van der Waals surface area contributed by atoms with Gasteiger partial charge in [0.1, 0.15) is 5.82 Å². The van der Waals surface area contributed by atoms with Crippen LogP contribution in [-0.2, 0) is 12.6 Å². The van der Waals surface area contributed by atoms with Crippen LogP contribution < -0.4 is 0 Å². The maximum absolute atomic E-state index is 13.6.